The lowest BCUT2D eigenvalue weighted by molar-refractivity contribution is -0.173. The van der Waals surface area contributed by atoms with Crippen molar-refractivity contribution in [2.45, 2.75) is 5.79 Å². The molecule has 0 aliphatic carbocycles. The fourth-order valence-electron chi connectivity index (χ4n) is 2.29. The maximum Gasteiger partial charge on any atom is 0.303 e. The largest absolute Gasteiger partial charge is 0.508 e. The average Bonchev–Trinajstić information content (AvgIpc) is 2.46. The molecule has 0 radical (unpaired) electrons. The first kappa shape index (κ1) is 14.7. The van der Waals surface area contributed by atoms with E-state index < -0.39 is 51.7 Å². The number of Topliss-reactive ketones (excluding diaryl/α,β-unsaturated/α-hetero) is 2. The Hall–Kier alpha value is -3.26. The second-order valence-corrected chi connectivity index (χ2v) is 4.95. The zero-order chi connectivity index (χ0) is 16.9. The molecule has 118 valence electrons. The number of carbonyl (C=O) groups excluding carboxylic acids is 2. The van der Waals surface area contributed by atoms with E-state index in [1.807, 2.05) is 0 Å². The molecule has 2 aromatic carbocycles. The van der Waals surface area contributed by atoms with Gasteiger partial charge in [-0.2, -0.15) is 0 Å². The topological polar surface area (TPSA) is 145 Å². The van der Waals surface area contributed by atoms with Crippen molar-refractivity contribution >= 4 is 11.6 Å². The predicted molar refractivity (Wildman–Crippen MR) is 73.4 cm³/mol. The zero-order valence-electron chi connectivity index (χ0n) is 11.3. The van der Waals surface area contributed by atoms with Crippen LogP contribution in [-0.4, -0.2) is 37.1 Å². The Morgan fingerprint density at radius 3 is 2.22 bits per heavy atom. The van der Waals surface area contributed by atoms with Crippen molar-refractivity contribution in [3.05, 3.63) is 41.5 Å². The van der Waals surface area contributed by atoms with Crippen molar-refractivity contribution in [2.24, 2.45) is 0 Å². The van der Waals surface area contributed by atoms with Crippen LogP contribution in [0.5, 0.6) is 28.7 Å². The van der Waals surface area contributed by atoms with Crippen LogP contribution >= 0.6 is 0 Å². The maximum atomic E-state index is 12.2. The molecule has 1 atom stereocenters. The normalized spacial score (nSPS) is 20.0. The summed E-state index contributed by atoms with van der Waals surface area (Å²) in [6.07, 6.45) is 0. The predicted octanol–water partition coefficient (Wildman–Crippen LogP) is 0.498. The molecule has 5 N–H and O–H groups in total. The SMILES string of the molecule is O=C1C(=O)C(O)(c2ccc(O)c(O)c2)Oc2cc(O)cc(O)c21. The van der Waals surface area contributed by atoms with E-state index in [-0.39, 0.29) is 5.56 Å². The van der Waals surface area contributed by atoms with Crippen LogP contribution < -0.4 is 4.74 Å². The molecule has 1 heterocycles. The Labute approximate surface area is 128 Å². The van der Waals surface area contributed by atoms with Crippen LogP contribution in [0.3, 0.4) is 0 Å². The molecular weight excluding hydrogens is 308 g/mol. The van der Waals surface area contributed by atoms with Crippen LogP contribution in [0.25, 0.3) is 0 Å². The van der Waals surface area contributed by atoms with Gasteiger partial charge in [0.15, 0.2) is 11.5 Å². The lowest BCUT2D eigenvalue weighted by Crippen LogP contribution is -2.48. The van der Waals surface area contributed by atoms with Crippen molar-refractivity contribution < 1.29 is 39.9 Å². The summed E-state index contributed by atoms with van der Waals surface area (Å²) in [5, 5.41) is 48.4. The summed E-state index contributed by atoms with van der Waals surface area (Å²) in [5.74, 6) is -8.03. The molecule has 0 bridgehead atoms. The lowest BCUT2D eigenvalue weighted by Gasteiger charge is -2.32. The summed E-state index contributed by atoms with van der Waals surface area (Å²) in [5.41, 5.74) is -0.792. The van der Waals surface area contributed by atoms with E-state index in [4.69, 9.17) is 4.74 Å². The molecule has 2 aromatic rings. The minimum absolute atomic E-state index is 0.306. The molecule has 0 aromatic heterocycles. The van der Waals surface area contributed by atoms with E-state index in [9.17, 15) is 35.1 Å². The van der Waals surface area contributed by atoms with Crippen molar-refractivity contribution in [2.75, 3.05) is 0 Å². The summed E-state index contributed by atoms with van der Waals surface area (Å²) < 4.78 is 5.12. The second-order valence-electron chi connectivity index (χ2n) is 4.95. The number of ketones is 2. The van der Waals surface area contributed by atoms with Gasteiger partial charge in [-0.25, -0.2) is 0 Å². The van der Waals surface area contributed by atoms with Gasteiger partial charge in [-0.15, -0.1) is 0 Å². The summed E-state index contributed by atoms with van der Waals surface area (Å²) in [4.78, 5) is 24.3. The van der Waals surface area contributed by atoms with Gasteiger partial charge in [0.25, 0.3) is 5.78 Å². The van der Waals surface area contributed by atoms with Crippen LogP contribution in [0.2, 0.25) is 0 Å². The molecule has 0 fully saturated rings. The van der Waals surface area contributed by atoms with Gasteiger partial charge in [-0.1, -0.05) is 0 Å². The molecule has 3 rings (SSSR count). The zero-order valence-corrected chi connectivity index (χ0v) is 11.3. The maximum absolute atomic E-state index is 12.2. The number of aromatic hydroxyl groups is 4. The highest BCUT2D eigenvalue weighted by Gasteiger charge is 2.51. The van der Waals surface area contributed by atoms with Crippen LogP contribution in [0, 0.1) is 0 Å². The Bertz CT molecular complexity index is 857. The first-order chi connectivity index (χ1) is 10.7. The minimum atomic E-state index is -2.77. The highest BCUT2D eigenvalue weighted by atomic mass is 16.6. The van der Waals surface area contributed by atoms with Gasteiger partial charge in [0.1, 0.15) is 22.8 Å². The number of phenols is 4. The molecular formula is C15H10O8. The summed E-state index contributed by atoms with van der Waals surface area (Å²) in [7, 11) is 0. The van der Waals surface area contributed by atoms with E-state index >= 15 is 0 Å². The highest BCUT2D eigenvalue weighted by Crippen LogP contribution is 2.43. The first-order valence-corrected chi connectivity index (χ1v) is 6.33. The Kier molecular flexibility index (Phi) is 2.94. The molecule has 0 amide bonds. The van der Waals surface area contributed by atoms with Crippen LogP contribution in [-0.2, 0) is 10.6 Å². The van der Waals surface area contributed by atoms with Crippen molar-refractivity contribution in [1.82, 2.24) is 0 Å². The summed E-state index contributed by atoms with van der Waals surface area (Å²) in [6.45, 7) is 0. The van der Waals surface area contributed by atoms with E-state index in [0.29, 0.717) is 0 Å². The van der Waals surface area contributed by atoms with Crippen molar-refractivity contribution in [1.29, 1.82) is 0 Å². The van der Waals surface area contributed by atoms with Gasteiger partial charge in [0, 0.05) is 17.7 Å². The average molecular weight is 318 g/mol. The standard InChI is InChI=1S/C15H10O8/c16-7-4-10(19)12-11(5-7)23-15(22,14(21)13(12)20)6-1-2-8(17)9(18)3-6/h1-5,16-19,22H. The lowest BCUT2D eigenvalue weighted by atomic mass is 9.91. The van der Waals surface area contributed by atoms with Gasteiger partial charge in [0.2, 0.25) is 5.78 Å². The van der Waals surface area contributed by atoms with Crippen LogP contribution in [0.1, 0.15) is 15.9 Å². The smallest absolute Gasteiger partial charge is 0.303 e. The number of aliphatic hydroxyl groups is 1. The molecule has 8 nitrogen and oxygen atoms in total. The van der Waals surface area contributed by atoms with Crippen LogP contribution in [0.4, 0.5) is 0 Å². The molecule has 0 saturated heterocycles. The minimum Gasteiger partial charge on any atom is -0.508 e. The molecule has 1 aliphatic heterocycles. The van der Waals surface area contributed by atoms with Crippen molar-refractivity contribution in [3.63, 3.8) is 0 Å². The third-order valence-corrected chi connectivity index (χ3v) is 3.43. The molecule has 1 aliphatic rings. The second kappa shape index (κ2) is 4.62. The number of hydrogen-bond acceptors (Lipinski definition) is 8. The Morgan fingerprint density at radius 1 is 0.870 bits per heavy atom. The van der Waals surface area contributed by atoms with E-state index in [2.05, 4.69) is 0 Å². The number of phenolic OH excluding ortho intramolecular Hbond substituents is 4. The fraction of sp³-hybridized carbons (Fsp3) is 0.0667. The van der Waals surface area contributed by atoms with Gasteiger partial charge in [-0.3, -0.25) is 9.59 Å². The van der Waals surface area contributed by atoms with Gasteiger partial charge in [-0.05, 0) is 18.2 Å². The monoisotopic (exact) mass is 318 g/mol. The van der Waals surface area contributed by atoms with Gasteiger partial charge < -0.3 is 30.3 Å². The third kappa shape index (κ3) is 2.04. The van der Waals surface area contributed by atoms with Gasteiger partial charge >= 0.3 is 5.79 Å². The number of hydrogen-bond donors (Lipinski definition) is 5. The highest BCUT2D eigenvalue weighted by molar-refractivity contribution is 6.47. The molecule has 0 saturated carbocycles. The number of carbonyl (C=O) groups is 2. The number of fused-ring (bicyclic) bond motifs is 1. The Morgan fingerprint density at radius 2 is 1.57 bits per heavy atom. The number of ether oxygens (including phenoxy) is 1. The third-order valence-electron chi connectivity index (χ3n) is 3.43. The summed E-state index contributed by atoms with van der Waals surface area (Å²) in [6, 6.07) is 4.73. The first-order valence-electron chi connectivity index (χ1n) is 6.33. The van der Waals surface area contributed by atoms with E-state index in [0.717, 1.165) is 30.3 Å². The fourth-order valence-corrected chi connectivity index (χ4v) is 2.29. The van der Waals surface area contributed by atoms with Gasteiger partial charge in [0.05, 0.1) is 0 Å². The number of benzene rings is 2. The quantitative estimate of drug-likeness (QED) is 0.377. The van der Waals surface area contributed by atoms with E-state index in [1.165, 1.54) is 0 Å². The Balaban J connectivity index is 2.19. The van der Waals surface area contributed by atoms with E-state index in [1.54, 1.807) is 0 Å². The summed E-state index contributed by atoms with van der Waals surface area (Å²) >= 11 is 0. The molecule has 0 spiro atoms. The molecule has 23 heavy (non-hydrogen) atoms. The molecule has 8 heteroatoms. The number of rotatable bonds is 1. The van der Waals surface area contributed by atoms with Crippen LogP contribution in [0.15, 0.2) is 30.3 Å². The van der Waals surface area contributed by atoms with Crippen molar-refractivity contribution in [3.8, 4) is 28.7 Å². The molecule has 1 unspecified atom stereocenters.